The van der Waals surface area contributed by atoms with Gasteiger partial charge in [0, 0.05) is 18.7 Å². The first-order valence-electron chi connectivity index (χ1n) is 6.21. The maximum absolute atomic E-state index is 12.2. The number of likely N-dealkylation sites (tertiary alicyclic amines) is 1. The molecule has 0 unspecified atom stereocenters. The third-order valence-corrected chi connectivity index (χ3v) is 3.43. The van der Waals surface area contributed by atoms with Crippen molar-refractivity contribution in [1.82, 2.24) is 4.90 Å². The third kappa shape index (κ3) is 2.54. The van der Waals surface area contributed by atoms with Gasteiger partial charge in [-0.25, -0.2) is 0 Å². The van der Waals surface area contributed by atoms with Gasteiger partial charge in [0.05, 0.1) is 7.11 Å². The largest absolute Gasteiger partial charge is 0.497 e. The van der Waals surface area contributed by atoms with Crippen LogP contribution in [-0.4, -0.2) is 35.9 Å². The smallest absolute Gasteiger partial charge is 0.249 e. The van der Waals surface area contributed by atoms with E-state index in [0.717, 1.165) is 5.75 Å². The van der Waals surface area contributed by atoms with Crippen molar-refractivity contribution in [2.75, 3.05) is 19.0 Å². The first-order chi connectivity index (χ1) is 8.95. The summed E-state index contributed by atoms with van der Waals surface area (Å²) in [5.41, 5.74) is -0.137. The van der Waals surface area contributed by atoms with Crippen LogP contribution in [-0.2, 0) is 9.59 Å². The Morgan fingerprint density at radius 2 is 1.95 bits per heavy atom. The first-order valence-corrected chi connectivity index (χ1v) is 6.21. The molecule has 102 valence electrons. The molecule has 5 heteroatoms. The van der Waals surface area contributed by atoms with E-state index in [1.54, 1.807) is 50.1 Å². The molecule has 1 N–H and O–H groups in total. The molecule has 1 saturated heterocycles. The predicted molar refractivity (Wildman–Crippen MR) is 72.0 cm³/mol. The Balaban J connectivity index is 2.05. The molecule has 1 aromatic carbocycles. The number of rotatable bonds is 4. The lowest BCUT2D eigenvalue weighted by Gasteiger charge is -2.42. The van der Waals surface area contributed by atoms with Crippen LogP contribution in [0.2, 0.25) is 0 Å². The number of nitrogens with one attached hydrogen (secondary N) is 1. The molecular weight excluding hydrogens is 244 g/mol. The molecule has 0 radical (unpaired) electrons. The van der Waals surface area contributed by atoms with Gasteiger partial charge in [0.15, 0.2) is 0 Å². The predicted octanol–water partition coefficient (Wildman–Crippen LogP) is 1.64. The van der Waals surface area contributed by atoms with Crippen molar-refractivity contribution in [3.05, 3.63) is 24.3 Å². The van der Waals surface area contributed by atoms with E-state index in [9.17, 15) is 9.59 Å². The van der Waals surface area contributed by atoms with Crippen molar-refractivity contribution < 1.29 is 14.3 Å². The van der Waals surface area contributed by atoms with Crippen molar-refractivity contribution in [2.45, 2.75) is 25.8 Å². The molecule has 1 aliphatic rings. The Bertz CT molecular complexity index is 494. The molecule has 1 fully saturated rings. The van der Waals surface area contributed by atoms with Crippen LogP contribution >= 0.6 is 0 Å². The minimum absolute atomic E-state index is 0.0230. The fourth-order valence-electron chi connectivity index (χ4n) is 1.99. The Kier molecular flexibility index (Phi) is 3.46. The van der Waals surface area contributed by atoms with Gasteiger partial charge in [-0.05, 0) is 38.1 Å². The van der Waals surface area contributed by atoms with E-state index in [0.29, 0.717) is 18.7 Å². The molecule has 0 aromatic heterocycles. The second-order valence-corrected chi connectivity index (χ2v) is 5.04. The summed E-state index contributed by atoms with van der Waals surface area (Å²) in [5.74, 6) is 0.566. The summed E-state index contributed by atoms with van der Waals surface area (Å²) in [7, 11) is 1.59. The van der Waals surface area contributed by atoms with Gasteiger partial charge in [0.2, 0.25) is 11.8 Å². The lowest BCUT2D eigenvalue weighted by atomic mass is 9.96. The number of benzene rings is 1. The summed E-state index contributed by atoms with van der Waals surface area (Å²) >= 11 is 0. The molecule has 5 nitrogen and oxygen atoms in total. The van der Waals surface area contributed by atoms with Gasteiger partial charge >= 0.3 is 0 Å². The zero-order valence-corrected chi connectivity index (χ0v) is 11.4. The zero-order chi connectivity index (χ0) is 14.0. The van der Waals surface area contributed by atoms with Crippen molar-refractivity contribution in [2.24, 2.45) is 0 Å². The normalized spacial score (nSPS) is 14.9. The fraction of sp³-hybridized carbons (Fsp3) is 0.429. The number of methoxy groups -OCH3 is 1. The average Bonchev–Trinajstić information content (AvgIpc) is 2.37. The van der Waals surface area contributed by atoms with Gasteiger partial charge in [0.1, 0.15) is 11.3 Å². The van der Waals surface area contributed by atoms with E-state index in [1.165, 1.54) is 0 Å². The Morgan fingerprint density at radius 1 is 1.32 bits per heavy atom. The molecule has 2 rings (SSSR count). The number of ether oxygens (including phenoxy) is 1. The molecule has 0 bridgehead atoms. The lowest BCUT2D eigenvalue weighted by molar-refractivity contribution is -0.152. The van der Waals surface area contributed by atoms with Gasteiger partial charge in [-0.15, -0.1) is 0 Å². The fourth-order valence-corrected chi connectivity index (χ4v) is 1.99. The maximum Gasteiger partial charge on any atom is 0.249 e. The van der Waals surface area contributed by atoms with Crippen LogP contribution in [0.4, 0.5) is 5.69 Å². The van der Waals surface area contributed by atoms with E-state index >= 15 is 0 Å². The highest BCUT2D eigenvalue weighted by Gasteiger charge is 2.42. The number of carbonyl (C=O) groups is 2. The van der Waals surface area contributed by atoms with Crippen molar-refractivity contribution in [3.8, 4) is 5.75 Å². The van der Waals surface area contributed by atoms with E-state index in [2.05, 4.69) is 5.32 Å². The summed E-state index contributed by atoms with van der Waals surface area (Å²) < 4.78 is 5.05. The molecule has 19 heavy (non-hydrogen) atoms. The average molecular weight is 262 g/mol. The monoisotopic (exact) mass is 262 g/mol. The molecule has 2 amide bonds. The second-order valence-electron chi connectivity index (χ2n) is 5.04. The van der Waals surface area contributed by atoms with E-state index < -0.39 is 5.54 Å². The summed E-state index contributed by atoms with van der Waals surface area (Å²) in [4.78, 5) is 25.3. The summed E-state index contributed by atoms with van der Waals surface area (Å²) in [6.45, 7) is 4.15. The summed E-state index contributed by atoms with van der Waals surface area (Å²) in [6.07, 6.45) is 0.527. The maximum atomic E-state index is 12.2. The van der Waals surface area contributed by atoms with Gasteiger partial charge < -0.3 is 15.0 Å². The van der Waals surface area contributed by atoms with Crippen molar-refractivity contribution >= 4 is 17.5 Å². The molecule has 0 atom stereocenters. The number of anilines is 1. The highest BCUT2D eigenvalue weighted by Crippen LogP contribution is 2.25. The highest BCUT2D eigenvalue weighted by molar-refractivity contribution is 6.01. The molecule has 1 heterocycles. The number of carbonyl (C=O) groups excluding carboxylic acids is 2. The topological polar surface area (TPSA) is 58.6 Å². The number of β-lactam (4-membered cyclic amide) rings is 1. The van der Waals surface area contributed by atoms with Crippen molar-refractivity contribution in [3.63, 3.8) is 0 Å². The van der Waals surface area contributed by atoms with Crippen LogP contribution in [0.25, 0.3) is 0 Å². The number of amides is 2. The van der Waals surface area contributed by atoms with Gasteiger partial charge in [-0.3, -0.25) is 9.59 Å². The molecule has 1 aliphatic heterocycles. The summed E-state index contributed by atoms with van der Waals surface area (Å²) in [6, 6.07) is 7.09. The minimum Gasteiger partial charge on any atom is -0.497 e. The molecule has 0 aliphatic carbocycles. The quantitative estimate of drug-likeness (QED) is 0.839. The molecule has 0 spiro atoms. The summed E-state index contributed by atoms with van der Waals surface area (Å²) in [5, 5.41) is 2.81. The van der Waals surface area contributed by atoms with E-state index in [-0.39, 0.29) is 11.8 Å². The lowest BCUT2D eigenvalue weighted by Crippen LogP contribution is -2.60. The highest BCUT2D eigenvalue weighted by atomic mass is 16.5. The van der Waals surface area contributed by atoms with Crippen molar-refractivity contribution in [1.29, 1.82) is 0 Å². The van der Waals surface area contributed by atoms with Gasteiger partial charge in [-0.2, -0.15) is 0 Å². The molecular formula is C14H18N2O3. The number of nitrogens with zero attached hydrogens (tertiary/aromatic N) is 1. The van der Waals surface area contributed by atoms with Crippen LogP contribution in [0, 0.1) is 0 Å². The van der Waals surface area contributed by atoms with Crippen LogP contribution in [0.15, 0.2) is 24.3 Å². The Morgan fingerprint density at radius 3 is 2.37 bits per heavy atom. The first kappa shape index (κ1) is 13.4. The van der Waals surface area contributed by atoms with E-state index in [4.69, 9.17) is 4.74 Å². The number of hydrogen-bond donors (Lipinski definition) is 1. The van der Waals surface area contributed by atoms with Crippen LogP contribution < -0.4 is 10.1 Å². The van der Waals surface area contributed by atoms with Gasteiger partial charge in [-0.1, -0.05) is 0 Å². The standard InChI is InChI=1S/C14H18N2O3/c1-14(2,16-9-8-12(16)17)13(18)15-10-4-6-11(19-3)7-5-10/h4-7H,8-9H2,1-3H3,(H,15,18). The Hall–Kier alpha value is -2.04. The second kappa shape index (κ2) is 4.91. The molecule has 1 aromatic rings. The molecule has 0 saturated carbocycles. The minimum atomic E-state index is -0.824. The third-order valence-electron chi connectivity index (χ3n) is 3.43. The van der Waals surface area contributed by atoms with Crippen LogP contribution in [0.1, 0.15) is 20.3 Å². The Labute approximate surface area is 112 Å². The number of hydrogen-bond acceptors (Lipinski definition) is 3. The van der Waals surface area contributed by atoms with Crippen LogP contribution in [0.5, 0.6) is 5.75 Å². The SMILES string of the molecule is COc1ccc(NC(=O)C(C)(C)N2CCC2=O)cc1. The van der Waals surface area contributed by atoms with Gasteiger partial charge in [0.25, 0.3) is 0 Å². The van der Waals surface area contributed by atoms with Crippen LogP contribution in [0.3, 0.4) is 0 Å². The van der Waals surface area contributed by atoms with E-state index in [1.807, 2.05) is 0 Å². The zero-order valence-electron chi connectivity index (χ0n) is 11.4.